The van der Waals surface area contributed by atoms with Crippen molar-refractivity contribution in [3.63, 3.8) is 0 Å². The van der Waals surface area contributed by atoms with E-state index in [4.69, 9.17) is 14.5 Å². The maximum absolute atomic E-state index is 5.46. The van der Waals surface area contributed by atoms with Gasteiger partial charge in [-0.2, -0.15) is 4.98 Å². The number of methoxy groups -OCH3 is 2. The molecule has 0 bridgehead atoms. The molecule has 4 aromatic rings. The van der Waals surface area contributed by atoms with E-state index < -0.39 is 0 Å². The summed E-state index contributed by atoms with van der Waals surface area (Å²) < 4.78 is 10.9. The minimum atomic E-state index is 0.506. The third-order valence-electron chi connectivity index (χ3n) is 4.53. The molecule has 0 unspecified atom stereocenters. The van der Waals surface area contributed by atoms with Gasteiger partial charge in [0.05, 0.1) is 19.7 Å². The van der Waals surface area contributed by atoms with Crippen LogP contribution in [-0.4, -0.2) is 24.2 Å². The van der Waals surface area contributed by atoms with E-state index in [0.717, 1.165) is 28.0 Å². The van der Waals surface area contributed by atoms with Crippen LogP contribution in [0.4, 0.5) is 17.5 Å². The number of anilines is 3. The molecule has 6 nitrogen and oxygen atoms in total. The molecule has 4 rings (SSSR count). The Morgan fingerprint density at radius 1 is 0.793 bits per heavy atom. The molecule has 0 aliphatic rings. The lowest BCUT2D eigenvalue weighted by Crippen LogP contribution is -2.06. The van der Waals surface area contributed by atoms with E-state index in [1.807, 2.05) is 60.7 Å². The number of aromatic nitrogens is 2. The fraction of sp³-hybridized carbons (Fsp3) is 0.130. The molecule has 0 atom stereocenters. The van der Waals surface area contributed by atoms with Crippen LogP contribution in [0.15, 0.2) is 72.8 Å². The third-order valence-corrected chi connectivity index (χ3v) is 4.53. The van der Waals surface area contributed by atoms with Gasteiger partial charge in [0.25, 0.3) is 0 Å². The van der Waals surface area contributed by atoms with Crippen LogP contribution in [0.3, 0.4) is 0 Å². The van der Waals surface area contributed by atoms with Crippen molar-refractivity contribution in [2.75, 3.05) is 24.9 Å². The van der Waals surface area contributed by atoms with Crippen molar-refractivity contribution < 1.29 is 9.47 Å². The molecule has 29 heavy (non-hydrogen) atoms. The maximum Gasteiger partial charge on any atom is 0.229 e. The fourth-order valence-corrected chi connectivity index (χ4v) is 3.08. The molecule has 1 aromatic heterocycles. The summed E-state index contributed by atoms with van der Waals surface area (Å²) >= 11 is 0. The summed E-state index contributed by atoms with van der Waals surface area (Å²) in [5, 5.41) is 7.56. The number of nitrogens with one attached hydrogen (secondary N) is 2. The number of benzene rings is 3. The van der Waals surface area contributed by atoms with Gasteiger partial charge in [0.1, 0.15) is 5.82 Å². The maximum atomic E-state index is 5.46. The first-order valence-corrected chi connectivity index (χ1v) is 9.30. The topological polar surface area (TPSA) is 68.3 Å². The van der Waals surface area contributed by atoms with Crippen molar-refractivity contribution in [3.8, 4) is 11.5 Å². The standard InChI is InChI=1S/C23H22N4O2/c1-28-20-13-18-19(14-21(20)29-2)26-23(25-17-11-7-4-8-12-17)27-22(18)24-15-16-9-5-3-6-10-16/h3-14H,15H2,1-2H3,(H2,24,25,26,27). The molecule has 1 heterocycles. The lowest BCUT2D eigenvalue weighted by molar-refractivity contribution is 0.356. The van der Waals surface area contributed by atoms with Gasteiger partial charge in [-0.1, -0.05) is 48.5 Å². The van der Waals surface area contributed by atoms with Crippen LogP contribution in [0.2, 0.25) is 0 Å². The summed E-state index contributed by atoms with van der Waals surface area (Å²) in [4.78, 5) is 9.38. The first kappa shape index (κ1) is 18.6. The van der Waals surface area contributed by atoms with Gasteiger partial charge in [-0.05, 0) is 23.8 Å². The fourth-order valence-electron chi connectivity index (χ4n) is 3.08. The summed E-state index contributed by atoms with van der Waals surface area (Å²) in [5.74, 6) is 2.48. The van der Waals surface area contributed by atoms with E-state index in [0.29, 0.717) is 24.0 Å². The van der Waals surface area contributed by atoms with Crippen molar-refractivity contribution in [1.82, 2.24) is 9.97 Å². The van der Waals surface area contributed by atoms with E-state index in [2.05, 4.69) is 27.8 Å². The highest BCUT2D eigenvalue weighted by molar-refractivity contribution is 5.93. The molecule has 0 saturated heterocycles. The number of para-hydroxylation sites is 1. The summed E-state index contributed by atoms with van der Waals surface area (Å²) in [6.45, 7) is 0.645. The summed E-state index contributed by atoms with van der Waals surface area (Å²) in [7, 11) is 3.23. The number of rotatable bonds is 7. The molecule has 0 amide bonds. The largest absolute Gasteiger partial charge is 0.493 e. The number of ether oxygens (including phenoxy) is 2. The Morgan fingerprint density at radius 2 is 1.45 bits per heavy atom. The zero-order chi connectivity index (χ0) is 20.1. The van der Waals surface area contributed by atoms with Gasteiger partial charge in [-0.25, -0.2) is 4.98 Å². The Bertz CT molecular complexity index is 1100. The first-order chi connectivity index (χ1) is 14.3. The minimum Gasteiger partial charge on any atom is -0.493 e. The van der Waals surface area contributed by atoms with Gasteiger partial charge in [0.2, 0.25) is 5.95 Å². The molecule has 3 aromatic carbocycles. The normalized spacial score (nSPS) is 10.6. The lowest BCUT2D eigenvalue weighted by atomic mass is 10.2. The van der Waals surface area contributed by atoms with Crippen LogP contribution < -0.4 is 20.1 Å². The zero-order valence-electron chi connectivity index (χ0n) is 16.3. The molecule has 0 fully saturated rings. The molecular formula is C23H22N4O2. The molecule has 0 radical (unpaired) electrons. The highest BCUT2D eigenvalue weighted by Crippen LogP contribution is 2.35. The monoisotopic (exact) mass is 386 g/mol. The Morgan fingerprint density at radius 3 is 2.14 bits per heavy atom. The van der Waals surface area contributed by atoms with Crippen molar-refractivity contribution >= 4 is 28.4 Å². The summed E-state index contributed by atoms with van der Waals surface area (Å²) in [6.07, 6.45) is 0. The molecule has 0 aliphatic carbocycles. The van der Waals surface area contributed by atoms with Crippen molar-refractivity contribution in [2.45, 2.75) is 6.54 Å². The van der Waals surface area contributed by atoms with E-state index in [1.165, 1.54) is 0 Å². The van der Waals surface area contributed by atoms with Gasteiger partial charge in [-0.3, -0.25) is 0 Å². The Labute approximate surface area is 169 Å². The number of hydrogen-bond acceptors (Lipinski definition) is 6. The minimum absolute atomic E-state index is 0.506. The second-order valence-corrected chi connectivity index (χ2v) is 6.45. The predicted molar refractivity (Wildman–Crippen MR) is 116 cm³/mol. The molecule has 6 heteroatoms. The van der Waals surface area contributed by atoms with Gasteiger partial charge in [0, 0.05) is 23.7 Å². The molecular weight excluding hydrogens is 364 g/mol. The molecule has 0 aliphatic heterocycles. The quantitative estimate of drug-likeness (QED) is 0.466. The highest BCUT2D eigenvalue weighted by Gasteiger charge is 2.13. The smallest absolute Gasteiger partial charge is 0.229 e. The second-order valence-electron chi connectivity index (χ2n) is 6.45. The first-order valence-electron chi connectivity index (χ1n) is 9.30. The van der Waals surface area contributed by atoms with Crippen LogP contribution >= 0.6 is 0 Å². The zero-order valence-corrected chi connectivity index (χ0v) is 16.3. The van der Waals surface area contributed by atoms with Crippen LogP contribution in [0.5, 0.6) is 11.5 Å². The Hall–Kier alpha value is -3.80. The summed E-state index contributed by atoms with van der Waals surface area (Å²) in [5.41, 5.74) is 2.84. The predicted octanol–water partition coefficient (Wildman–Crippen LogP) is 5.00. The second kappa shape index (κ2) is 8.48. The lowest BCUT2D eigenvalue weighted by Gasteiger charge is -2.14. The van der Waals surface area contributed by atoms with Crippen LogP contribution in [0.1, 0.15) is 5.56 Å². The average Bonchev–Trinajstić information content (AvgIpc) is 2.78. The highest BCUT2D eigenvalue weighted by atomic mass is 16.5. The SMILES string of the molecule is COc1cc2nc(Nc3ccccc3)nc(NCc3ccccc3)c2cc1OC. The number of fused-ring (bicyclic) bond motifs is 1. The molecule has 0 spiro atoms. The van der Waals surface area contributed by atoms with E-state index in [1.54, 1.807) is 14.2 Å². The van der Waals surface area contributed by atoms with Crippen molar-refractivity contribution in [1.29, 1.82) is 0 Å². The molecule has 146 valence electrons. The van der Waals surface area contributed by atoms with Crippen LogP contribution in [-0.2, 0) is 6.54 Å². The van der Waals surface area contributed by atoms with E-state index >= 15 is 0 Å². The third kappa shape index (κ3) is 4.21. The van der Waals surface area contributed by atoms with Crippen molar-refractivity contribution in [3.05, 3.63) is 78.4 Å². The van der Waals surface area contributed by atoms with Crippen molar-refractivity contribution in [2.24, 2.45) is 0 Å². The van der Waals surface area contributed by atoms with E-state index in [-0.39, 0.29) is 0 Å². The summed E-state index contributed by atoms with van der Waals surface area (Å²) in [6, 6.07) is 23.8. The van der Waals surface area contributed by atoms with Gasteiger partial charge >= 0.3 is 0 Å². The van der Waals surface area contributed by atoms with Crippen LogP contribution in [0.25, 0.3) is 10.9 Å². The number of nitrogens with zero attached hydrogens (tertiary/aromatic N) is 2. The number of hydrogen-bond donors (Lipinski definition) is 2. The Balaban J connectivity index is 1.76. The molecule has 2 N–H and O–H groups in total. The average molecular weight is 386 g/mol. The molecule has 0 saturated carbocycles. The Kier molecular flexibility index (Phi) is 5.42. The van der Waals surface area contributed by atoms with Gasteiger partial charge in [0.15, 0.2) is 11.5 Å². The van der Waals surface area contributed by atoms with Gasteiger partial charge in [-0.15, -0.1) is 0 Å². The van der Waals surface area contributed by atoms with E-state index in [9.17, 15) is 0 Å². The van der Waals surface area contributed by atoms with Gasteiger partial charge < -0.3 is 20.1 Å². The van der Waals surface area contributed by atoms with Crippen LogP contribution in [0, 0.1) is 0 Å².